The number of pyridine rings is 1. The van der Waals surface area contributed by atoms with Crippen molar-refractivity contribution in [2.45, 2.75) is 99.4 Å². The summed E-state index contributed by atoms with van der Waals surface area (Å²) >= 11 is 0. The summed E-state index contributed by atoms with van der Waals surface area (Å²) in [5, 5.41) is 53.7. The minimum atomic E-state index is -2.08. The summed E-state index contributed by atoms with van der Waals surface area (Å²) in [4.78, 5) is 96.4. The largest absolute Gasteiger partial charge is 0.507 e. The topological polar surface area (TPSA) is 311 Å². The fraction of sp³-hybridized carbons (Fsp3) is 0.450. The number of rotatable bonds is 10. The third-order valence-corrected chi connectivity index (χ3v) is 15.6. The van der Waals surface area contributed by atoms with Gasteiger partial charge in [-0.1, -0.05) is 59.8 Å². The first-order chi connectivity index (χ1) is 39.3. The van der Waals surface area contributed by atoms with Crippen molar-refractivity contribution in [3.05, 3.63) is 110 Å². The van der Waals surface area contributed by atoms with E-state index in [1.165, 1.54) is 96.0 Å². The van der Waals surface area contributed by atoms with Gasteiger partial charge in [0.2, 0.25) is 10.9 Å². The van der Waals surface area contributed by atoms with Gasteiger partial charge >= 0.3 is 17.7 Å². The number of nitrogens with one attached hydrogen (secondary N) is 2. The summed E-state index contributed by atoms with van der Waals surface area (Å²) < 4.78 is 36.3. The van der Waals surface area contributed by atoms with Crippen LogP contribution in [-0.2, 0) is 33.3 Å². The molecule has 1 saturated heterocycles. The summed E-state index contributed by atoms with van der Waals surface area (Å²) in [6, 6.07) is 5.92. The monoisotopic (exact) mass is 1150 g/mol. The lowest BCUT2D eigenvalue weighted by atomic mass is 9.78. The Kier molecular flexibility index (Phi) is 18.4. The van der Waals surface area contributed by atoms with E-state index in [0.717, 1.165) is 19.6 Å². The Morgan fingerprint density at radius 3 is 2.30 bits per heavy atom. The van der Waals surface area contributed by atoms with Crippen LogP contribution in [0, 0.1) is 36.5 Å². The van der Waals surface area contributed by atoms with Gasteiger partial charge in [0.15, 0.2) is 22.4 Å². The molecule has 9 atom stereocenters. The van der Waals surface area contributed by atoms with E-state index in [1.807, 2.05) is 4.90 Å². The quantitative estimate of drug-likeness (QED) is 0.0350. The van der Waals surface area contributed by atoms with Crippen LogP contribution in [0.4, 0.5) is 11.4 Å². The molecule has 9 unspecified atom stereocenters. The number of hydrogen-bond acceptors (Lipinski definition) is 21. The number of aliphatic hydroxyl groups is 3. The number of carbonyl (C=O) groups excluding carboxylic acids is 4. The lowest BCUT2D eigenvalue weighted by Crippen LogP contribution is -2.47. The van der Waals surface area contributed by atoms with E-state index >= 15 is 4.79 Å². The standard InChI is InChI=1S/C60H71N7O16/c1-29(2)27-66-20-22-67(23-21-66)39-25-40(69)46-42(26-39)82-55-47(62-46)43-44-51(72)34(7)54-45(43)56(74)60(10,83-54)80-24-17-41(78-11)31(4)53(81-36(9)68)33(6)50(71)32(5)49(70)30(3)13-12-14-38(57(75)63-48(55)52(44)73)28-79-59(77)35(8)64-65-58(76)37-15-18-61-19-16-37/h12-19,24-26,29-33,41,49-50,53,70-72,74H,20-23,27-28H2,1-11H3,(H,63,75)(H,65,76). The van der Waals surface area contributed by atoms with Crippen LogP contribution in [0.1, 0.15) is 78.2 Å². The highest BCUT2D eigenvalue weighted by Gasteiger charge is 2.44. The van der Waals surface area contributed by atoms with Crippen LogP contribution in [0.15, 0.2) is 91.9 Å². The van der Waals surface area contributed by atoms with E-state index in [1.54, 1.807) is 33.8 Å². The Hall–Kier alpha value is -8.25. The molecule has 2 amide bonds. The molecule has 4 aliphatic rings. The molecule has 4 aliphatic heterocycles. The molecular weight excluding hydrogens is 1070 g/mol. The number of esters is 2. The molecule has 0 aliphatic carbocycles. The lowest BCUT2D eigenvalue weighted by Gasteiger charge is -2.38. The van der Waals surface area contributed by atoms with E-state index in [-0.39, 0.29) is 61.0 Å². The van der Waals surface area contributed by atoms with Crippen LogP contribution in [0.5, 0.6) is 11.5 Å². The lowest BCUT2D eigenvalue weighted by molar-refractivity contribution is -0.160. The molecule has 3 aromatic carbocycles. The average Bonchev–Trinajstić information content (AvgIpc) is 2.78. The molecule has 23 heteroatoms. The van der Waals surface area contributed by atoms with Crippen molar-refractivity contribution in [2.75, 3.05) is 56.7 Å². The number of ether oxygens (including phenoxy) is 5. The van der Waals surface area contributed by atoms with Crippen molar-refractivity contribution in [3.8, 4) is 11.5 Å². The summed E-state index contributed by atoms with van der Waals surface area (Å²) in [5.74, 6) is -9.44. The van der Waals surface area contributed by atoms with Gasteiger partial charge in [-0.3, -0.25) is 33.9 Å². The number of carbonyl (C=O) groups is 4. The minimum Gasteiger partial charge on any atom is -0.507 e. The highest BCUT2D eigenvalue weighted by Crippen LogP contribution is 2.42. The van der Waals surface area contributed by atoms with Crippen molar-refractivity contribution >= 4 is 79.6 Å². The van der Waals surface area contributed by atoms with Crippen molar-refractivity contribution < 1.29 is 67.7 Å². The van der Waals surface area contributed by atoms with Crippen molar-refractivity contribution in [2.24, 2.45) is 34.7 Å². The SMILES string of the molecule is COC1C=COC2(C)Oc3c(C)c(O)c4c(=O)c(c5oc6cc(N7CCN(CC(C)C)CC7)cc(=O)c6nc5c4c3=C2O)NC(=O)C(COC(=O)C(C)=NNC(=O)c2ccncc2)=CC=CC(C)C(O)C(C)C(O)C(C)C(OC(C)=O)C1C. The maximum absolute atomic E-state index is 15.3. The van der Waals surface area contributed by atoms with Gasteiger partial charge in [-0.05, 0) is 38.0 Å². The third kappa shape index (κ3) is 12.6. The van der Waals surface area contributed by atoms with Gasteiger partial charge in [-0.15, -0.1) is 0 Å². The van der Waals surface area contributed by atoms with Crippen molar-refractivity contribution in [1.82, 2.24) is 20.3 Å². The Bertz CT molecular complexity index is 3650. The maximum Gasteiger partial charge on any atom is 0.354 e. The molecule has 2 aromatic heterocycles. The molecule has 5 aromatic rings. The number of phenolic OH excluding ortho intramolecular Hbond substituents is 1. The number of phenols is 1. The highest BCUT2D eigenvalue weighted by atomic mass is 16.7. The number of hydrogen-bond donors (Lipinski definition) is 6. The highest BCUT2D eigenvalue weighted by molar-refractivity contribution is 6.35. The number of aliphatic hydroxyl groups excluding tert-OH is 3. The molecule has 0 radical (unpaired) electrons. The van der Waals surface area contributed by atoms with Gasteiger partial charge in [0, 0.05) is 124 Å². The predicted molar refractivity (Wildman–Crippen MR) is 309 cm³/mol. The molecule has 442 valence electrons. The number of hydrazone groups is 1. The zero-order valence-corrected chi connectivity index (χ0v) is 48.2. The molecule has 0 saturated carbocycles. The van der Waals surface area contributed by atoms with Crippen LogP contribution in [0.25, 0.3) is 38.7 Å². The van der Waals surface area contributed by atoms with E-state index in [4.69, 9.17) is 33.1 Å². The predicted octanol–water partition coefficient (Wildman–Crippen LogP) is 5.06. The number of amides is 2. The number of benzene rings is 3. The number of allylic oxidation sites excluding steroid dienone is 2. The number of methoxy groups -OCH3 is 1. The van der Waals surface area contributed by atoms with Crippen LogP contribution in [0.2, 0.25) is 0 Å². The van der Waals surface area contributed by atoms with Crippen LogP contribution < -0.4 is 36.5 Å². The second-order valence-electron chi connectivity index (χ2n) is 22.0. The molecule has 9 rings (SSSR count). The molecule has 83 heavy (non-hydrogen) atoms. The second-order valence-corrected chi connectivity index (χ2v) is 22.0. The van der Waals surface area contributed by atoms with Gasteiger partial charge in [0.1, 0.15) is 41.1 Å². The number of aromatic hydroxyl groups is 1. The van der Waals surface area contributed by atoms with Gasteiger partial charge in [0.05, 0.1) is 40.8 Å². The first-order valence-electron chi connectivity index (χ1n) is 27.4. The van der Waals surface area contributed by atoms with Crippen molar-refractivity contribution in [3.63, 3.8) is 0 Å². The fourth-order valence-electron chi connectivity index (χ4n) is 10.8. The minimum absolute atomic E-state index is 0.0349. The fourth-order valence-corrected chi connectivity index (χ4v) is 10.8. The number of anilines is 2. The van der Waals surface area contributed by atoms with Gasteiger partial charge in [-0.25, -0.2) is 15.2 Å². The zero-order valence-electron chi connectivity index (χ0n) is 48.2. The smallest absolute Gasteiger partial charge is 0.354 e. The number of aromatic nitrogens is 2. The Labute approximate surface area is 477 Å². The third-order valence-electron chi connectivity index (χ3n) is 15.6. The molecule has 1 fully saturated rings. The first-order valence-corrected chi connectivity index (χ1v) is 27.4. The van der Waals surface area contributed by atoms with E-state index in [0.29, 0.717) is 24.7 Å². The zero-order chi connectivity index (χ0) is 60.4. The number of piperazine rings is 1. The number of nitrogens with zero attached hydrogens (tertiary/aromatic N) is 5. The maximum atomic E-state index is 15.3. The van der Waals surface area contributed by atoms with Crippen LogP contribution in [-0.4, -0.2) is 141 Å². The summed E-state index contributed by atoms with van der Waals surface area (Å²) in [7, 11) is 1.41. The average molecular weight is 1150 g/mol. The van der Waals surface area contributed by atoms with Crippen molar-refractivity contribution in [1.29, 1.82) is 0 Å². The Morgan fingerprint density at radius 1 is 0.940 bits per heavy atom. The number of fused-ring (bicyclic) bond motifs is 14. The molecule has 0 spiro atoms. The van der Waals surface area contributed by atoms with Gasteiger partial charge in [0.25, 0.3) is 11.8 Å². The Morgan fingerprint density at radius 2 is 1.64 bits per heavy atom. The Balaban J connectivity index is 1.32. The van der Waals surface area contributed by atoms with E-state index in [2.05, 4.69) is 39.6 Å². The summed E-state index contributed by atoms with van der Waals surface area (Å²) in [6.07, 6.45) is 5.31. The molecular formula is C60H71N7O16. The van der Waals surface area contributed by atoms with Gasteiger partial charge in [-0.2, -0.15) is 5.10 Å². The molecule has 6 N–H and O–H groups in total. The van der Waals surface area contributed by atoms with Crippen LogP contribution >= 0.6 is 0 Å². The van der Waals surface area contributed by atoms with Crippen LogP contribution in [0.3, 0.4) is 0 Å². The summed E-state index contributed by atoms with van der Waals surface area (Å²) in [6.45, 7) is 19.0. The first kappa shape index (κ1) is 60.8. The van der Waals surface area contributed by atoms with E-state index in [9.17, 15) is 44.4 Å². The molecule has 5 bridgehead atoms. The van der Waals surface area contributed by atoms with E-state index < -0.39 is 118 Å². The van der Waals surface area contributed by atoms with Gasteiger partial charge < -0.3 is 58.7 Å². The molecule has 23 nitrogen and oxygen atoms in total. The second kappa shape index (κ2) is 25.1. The molecule has 6 heterocycles. The summed E-state index contributed by atoms with van der Waals surface area (Å²) in [5.41, 5.74) is -0.720. The normalized spacial score (nSPS) is 24.9.